The van der Waals surface area contributed by atoms with Gasteiger partial charge in [-0.3, -0.25) is 5.10 Å². The average molecular weight is 209 g/mol. The quantitative estimate of drug-likeness (QED) is 0.513. The first kappa shape index (κ1) is 9.93. The molecule has 1 heterocycles. The zero-order valence-electron chi connectivity index (χ0n) is 6.24. The Hall–Kier alpha value is -1.15. The standard InChI is InChI=1S/C7H4ClF3N2/c8-3-1-2-5-4-12-13-6(5)7(9,10)11/h4H,3H2,(H,12,13). The van der Waals surface area contributed by atoms with Crippen LogP contribution in [-0.4, -0.2) is 16.1 Å². The lowest BCUT2D eigenvalue weighted by Crippen LogP contribution is -2.07. The molecule has 1 aromatic rings. The fourth-order valence-electron chi connectivity index (χ4n) is 0.726. The van der Waals surface area contributed by atoms with Gasteiger partial charge < -0.3 is 0 Å². The molecule has 0 fully saturated rings. The lowest BCUT2D eigenvalue weighted by atomic mass is 10.2. The van der Waals surface area contributed by atoms with Crippen LogP contribution in [0.5, 0.6) is 0 Å². The van der Waals surface area contributed by atoms with Crippen LogP contribution in [0.3, 0.4) is 0 Å². The van der Waals surface area contributed by atoms with E-state index >= 15 is 0 Å². The molecule has 0 amide bonds. The molecule has 70 valence electrons. The minimum absolute atomic E-state index is 0.0114. The van der Waals surface area contributed by atoms with Gasteiger partial charge in [0.1, 0.15) is 0 Å². The number of H-pyrrole nitrogens is 1. The summed E-state index contributed by atoms with van der Waals surface area (Å²) in [5.41, 5.74) is -1.13. The van der Waals surface area contributed by atoms with E-state index in [1.807, 2.05) is 5.10 Å². The molecule has 0 saturated heterocycles. The van der Waals surface area contributed by atoms with Crippen molar-refractivity contribution >= 4 is 11.6 Å². The van der Waals surface area contributed by atoms with E-state index in [1.165, 1.54) is 0 Å². The molecule has 13 heavy (non-hydrogen) atoms. The zero-order chi connectivity index (χ0) is 9.90. The molecular weight excluding hydrogens is 205 g/mol. The monoisotopic (exact) mass is 208 g/mol. The van der Waals surface area contributed by atoms with Crippen LogP contribution in [0.15, 0.2) is 6.20 Å². The van der Waals surface area contributed by atoms with Crippen LogP contribution in [0.4, 0.5) is 13.2 Å². The number of aromatic nitrogens is 2. The summed E-state index contributed by atoms with van der Waals surface area (Å²) in [6.07, 6.45) is -3.44. The van der Waals surface area contributed by atoms with Gasteiger partial charge in [-0.05, 0) is 0 Å². The van der Waals surface area contributed by atoms with Crippen molar-refractivity contribution in [1.82, 2.24) is 10.2 Å². The van der Waals surface area contributed by atoms with Crippen molar-refractivity contribution in [3.63, 3.8) is 0 Å². The van der Waals surface area contributed by atoms with Gasteiger partial charge in [0, 0.05) is 0 Å². The van der Waals surface area contributed by atoms with Crippen molar-refractivity contribution in [2.75, 3.05) is 5.88 Å². The van der Waals surface area contributed by atoms with Gasteiger partial charge >= 0.3 is 6.18 Å². The Morgan fingerprint density at radius 3 is 2.77 bits per heavy atom. The van der Waals surface area contributed by atoms with Crippen LogP contribution >= 0.6 is 11.6 Å². The van der Waals surface area contributed by atoms with E-state index in [-0.39, 0.29) is 11.4 Å². The molecule has 0 radical (unpaired) electrons. The predicted molar refractivity (Wildman–Crippen MR) is 41.2 cm³/mol. The molecule has 0 atom stereocenters. The summed E-state index contributed by atoms with van der Waals surface area (Å²) < 4.78 is 36.4. The van der Waals surface area contributed by atoms with Crippen molar-refractivity contribution < 1.29 is 13.2 Å². The molecule has 1 aromatic heterocycles. The lowest BCUT2D eigenvalue weighted by molar-refractivity contribution is -0.141. The minimum Gasteiger partial charge on any atom is -0.273 e. The van der Waals surface area contributed by atoms with Gasteiger partial charge in [0.05, 0.1) is 17.6 Å². The van der Waals surface area contributed by atoms with Gasteiger partial charge in [0.2, 0.25) is 0 Å². The maximum atomic E-state index is 12.1. The van der Waals surface area contributed by atoms with Crippen molar-refractivity contribution in [3.05, 3.63) is 17.5 Å². The van der Waals surface area contributed by atoms with Crippen molar-refractivity contribution in [3.8, 4) is 11.8 Å². The van der Waals surface area contributed by atoms with Crippen LogP contribution in [0.1, 0.15) is 11.3 Å². The maximum Gasteiger partial charge on any atom is 0.434 e. The van der Waals surface area contributed by atoms with Crippen LogP contribution < -0.4 is 0 Å². The molecule has 0 bridgehead atoms. The average Bonchev–Trinajstić information content (AvgIpc) is 2.47. The Bertz CT molecular complexity index is 345. The Morgan fingerprint density at radius 2 is 2.23 bits per heavy atom. The maximum absolute atomic E-state index is 12.1. The normalized spacial score (nSPS) is 10.8. The lowest BCUT2D eigenvalue weighted by Gasteiger charge is -2.02. The summed E-state index contributed by atoms with van der Waals surface area (Å²) in [5, 5.41) is 5.08. The number of rotatable bonds is 0. The first-order valence-electron chi connectivity index (χ1n) is 3.21. The molecule has 0 aromatic carbocycles. The van der Waals surface area contributed by atoms with Crippen LogP contribution in [0, 0.1) is 11.8 Å². The summed E-state index contributed by atoms with van der Waals surface area (Å²) in [7, 11) is 0. The molecule has 0 saturated carbocycles. The van der Waals surface area contributed by atoms with E-state index < -0.39 is 11.9 Å². The summed E-state index contributed by atoms with van der Waals surface area (Å²) in [5.74, 6) is 4.56. The molecule has 0 aliphatic carbocycles. The number of alkyl halides is 4. The van der Waals surface area contributed by atoms with E-state index in [9.17, 15) is 13.2 Å². The highest BCUT2D eigenvalue weighted by Crippen LogP contribution is 2.29. The van der Waals surface area contributed by atoms with Gasteiger partial charge in [0.25, 0.3) is 0 Å². The molecule has 1 N–H and O–H groups in total. The van der Waals surface area contributed by atoms with Crippen molar-refractivity contribution in [2.24, 2.45) is 0 Å². The molecule has 2 nitrogen and oxygen atoms in total. The van der Waals surface area contributed by atoms with E-state index in [0.717, 1.165) is 6.20 Å². The molecular formula is C7H4ClF3N2. The fraction of sp³-hybridized carbons (Fsp3) is 0.286. The Morgan fingerprint density at radius 1 is 1.54 bits per heavy atom. The number of hydrogen-bond acceptors (Lipinski definition) is 1. The second-order valence-electron chi connectivity index (χ2n) is 2.09. The molecule has 6 heteroatoms. The third-order valence-corrected chi connectivity index (χ3v) is 1.35. The van der Waals surface area contributed by atoms with E-state index in [0.29, 0.717) is 0 Å². The number of aromatic amines is 1. The SMILES string of the molecule is FC(F)(F)c1[nH]ncc1C#CCCl. The molecule has 0 unspecified atom stereocenters. The Kier molecular flexibility index (Phi) is 2.83. The van der Waals surface area contributed by atoms with Gasteiger partial charge in [-0.1, -0.05) is 11.8 Å². The van der Waals surface area contributed by atoms with Gasteiger partial charge in [-0.15, -0.1) is 11.6 Å². The van der Waals surface area contributed by atoms with Crippen molar-refractivity contribution in [1.29, 1.82) is 0 Å². The molecule has 0 aliphatic rings. The highest BCUT2D eigenvalue weighted by atomic mass is 35.5. The summed E-state index contributed by atoms with van der Waals surface area (Å²) in [6.45, 7) is 0. The van der Waals surface area contributed by atoms with Crippen LogP contribution in [0.25, 0.3) is 0 Å². The third-order valence-electron chi connectivity index (χ3n) is 1.21. The highest BCUT2D eigenvalue weighted by Gasteiger charge is 2.35. The fourth-order valence-corrected chi connectivity index (χ4v) is 0.792. The first-order chi connectivity index (χ1) is 6.05. The second-order valence-corrected chi connectivity index (χ2v) is 2.36. The van der Waals surface area contributed by atoms with Crippen LogP contribution in [0.2, 0.25) is 0 Å². The second kappa shape index (κ2) is 3.71. The number of nitrogens with zero attached hydrogens (tertiary/aromatic N) is 1. The highest BCUT2D eigenvalue weighted by molar-refractivity contribution is 6.19. The third kappa shape index (κ3) is 2.39. The van der Waals surface area contributed by atoms with Crippen molar-refractivity contribution in [2.45, 2.75) is 6.18 Å². The topological polar surface area (TPSA) is 28.7 Å². The summed E-state index contributed by atoms with van der Waals surface area (Å²) in [6, 6.07) is 0. The predicted octanol–water partition coefficient (Wildman–Crippen LogP) is 2.02. The smallest absolute Gasteiger partial charge is 0.273 e. The van der Waals surface area contributed by atoms with E-state index in [1.54, 1.807) is 0 Å². The van der Waals surface area contributed by atoms with Gasteiger partial charge in [-0.25, -0.2) is 0 Å². The Labute approximate surface area is 77.1 Å². The van der Waals surface area contributed by atoms with Gasteiger partial charge in [-0.2, -0.15) is 18.3 Å². The van der Waals surface area contributed by atoms with Gasteiger partial charge in [0.15, 0.2) is 5.69 Å². The number of halogens is 4. The summed E-state index contributed by atoms with van der Waals surface area (Å²) >= 11 is 5.20. The molecule has 0 aliphatic heterocycles. The summed E-state index contributed by atoms with van der Waals surface area (Å²) in [4.78, 5) is 0. The molecule has 1 rings (SSSR count). The number of nitrogens with one attached hydrogen (secondary N) is 1. The Balaban J connectivity index is 3.03. The van der Waals surface area contributed by atoms with E-state index in [4.69, 9.17) is 11.6 Å². The first-order valence-corrected chi connectivity index (χ1v) is 3.74. The zero-order valence-corrected chi connectivity index (χ0v) is 7.00. The largest absolute Gasteiger partial charge is 0.434 e. The van der Waals surface area contributed by atoms with E-state index in [2.05, 4.69) is 16.9 Å². The minimum atomic E-state index is -4.45. The number of hydrogen-bond donors (Lipinski definition) is 1. The van der Waals surface area contributed by atoms with Crippen LogP contribution in [-0.2, 0) is 6.18 Å². The molecule has 0 spiro atoms.